The highest BCUT2D eigenvalue weighted by molar-refractivity contribution is 6.34. The number of fused-ring (bicyclic) bond motifs is 1. The lowest BCUT2D eigenvalue weighted by Gasteiger charge is -2.26. The van der Waals surface area contributed by atoms with Crippen molar-refractivity contribution < 1.29 is 14.2 Å². The molecule has 2 heterocycles. The average molecular weight is 298 g/mol. The van der Waals surface area contributed by atoms with E-state index in [0.717, 1.165) is 24.3 Å². The van der Waals surface area contributed by atoms with Gasteiger partial charge in [-0.1, -0.05) is 18.0 Å². The zero-order chi connectivity index (χ0) is 13.9. The van der Waals surface area contributed by atoms with Crippen molar-refractivity contribution in [3.63, 3.8) is 0 Å². The van der Waals surface area contributed by atoms with E-state index in [1.54, 1.807) is 7.11 Å². The Labute approximate surface area is 124 Å². The van der Waals surface area contributed by atoms with Crippen molar-refractivity contribution in [1.29, 1.82) is 0 Å². The number of piperidine rings is 1. The summed E-state index contributed by atoms with van der Waals surface area (Å²) in [5.74, 6) is 2.05. The molecule has 1 N–H and O–H groups in total. The highest BCUT2D eigenvalue weighted by atomic mass is 35.5. The third kappa shape index (κ3) is 2.67. The zero-order valence-electron chi connectivity index (χ0n) is 11.7. The highest BCUT2D eigenvalue weighted by Gasteiger charge is 2.24. The fourth-order valence-corrected chi connectivity index (χ4v) is 3.26. The third-order valence-corrected chi connectivity index (χ3v) is 4.23. The van der Waals surface area contributed by atoms with Crippen LogP contribution in [0.3, 0.4) is 0 Å². The number of nitrogens with one attached hydrogen (secondary N) is 1. The van der Waals surface area contributed by atoms with E-state index >= 15 is 0 Å². The molecule has 2 aliphatic rings. The van der Waals surface area contributed by atoms with Crippen LogP contribution in [0.4, 0.5) is 0 Å². The summed E-state index contributed by atoms with van der Waals surface area (Å²) < 4.78 is 16.7. The number of hydrogen-bond donors (Lipinski definition) is 1. The van der Waals surface area contributed by atoms with E-state index in [0.29, 0.717) is 35.8 Å². The predicted octanol–water partition coefficient (Wildman–Crippen LogP) is 2.80. The van der Waals surface area contributed by atoms with Crippen LogP contribution < -0.4 is 19.5 Å². The molecule has 0 amide bonds. The van der Waals surface area contributed by atoms with Crippen LogP contribution in [-0.2, 0) is 6.42 Å². The topological polar surface area (TPSA) is 39.7 Å². The maximum Gasteiger partial charge on any atom is 0.183 e. The SMILES string of the molecule is COc1c(CC2CCCCN2)cc2c(c1Cl)OCCO2. The Kier molecular flexibility index (Phi) is 4.22. The smallest absolute Gasteiger partial charge is 0.183 e. The molecule has 1 aromatic rings. The van der Waals surface area contributed by atoms with E-state index in [9.17, 15) is 0 Å². The number of hydrogen-bond acceptors (Lipinski definition) is 4. The van der Waals surface area contributed by atoms with Crippen molar-refractivity contribution in [1.82, 2.24) is 5.32 Å². The van der Waals surface area contributed by atoms with E-state index in [1.807, 2.05) is 6.07 Å². The van der Waals surface area contributed by atoms with Crippen LogP contribution in [0, 0.1) is 0 Å². The number of benzene rings is 1. The predicted molar refractivity (Wildman–Crippen MR) is 78.3 cm³/mol. The van der Waals surface area contributed by atoms with Crippen LogP contribution in [0.25, 0.3) is 0 Å². The molecule has 20 heavy (non-hydrogen) atoms. The van der Waals surface area contributed by atoms with Crippen molar-refractivity contribution in [2.75, 3.05) is 26.9 Å². The van der Waals surface area contributed by atoms with E-state index in [-0.39, 0.29) is 0 Å². The molecule has 110 valence electrons. The molecule has 1 atom stereocenters. The van der Waals surface area contributed by atoms with E-state index in [4.69, 9.17) is 25.8 Å². The average Bonchev–Trinajstić information content (AvgIpc) is 2.49. The van der Waals surface area contributed by atoms with Gasteiger partial charge in [-0.15, -0.1) is 0 Å². The Hall–Kier alpha value is -1.13. The molecule has 1 saturated heterocycles. The summed E-state index contributed by atoms with van der Waals surface area (Å²) in [6.07, 6.45) is 4.63. The van der Waals surface area contributed by atoms with Crippen LogP contribution in [0.1, 0.15) is 24.8 Å². The fraction of sp³-hybridized carbons (Fsp3) is 0.600. The Morgan fingerprint density at radius 3 is 2.95 bits per heavy atom. The molecule has 2 aliphatic heterocycles. The Balaban J connectivity index is 1.90. The first-order valence-corrected chi connectivity index (χ1v) is 7.55. The molecule has 4 nitrogen and oxygen atoms in total. The third-order valence-electron chi connectivity index (χ3n) is 3.89. The molecular formula is C15H20ClNO3. The van der Waals surface area contributed by atoms with Gasteiger partial charge in [0.25, 0.3) is 0 Å². The van der Waals surface area contributed by atoms with Crippen LogP contribution >= 0.6 is 11.6 Å². The second-order valence-electron chi connectivity index (χ2n) is 5.26. The summed E-state index contributed by atoms with van der Waals surface area (Å²) in [6.45, 7) is 2.18. The lowest BCUT2D eigenvalue weighted by Crippen LogP contribution is -2.35. The molecule has 0 saturated carbocycles. The molecule has 0 spiro atoms. The van der Waals surface area contributed by atoms with Gasteiger partial charge in [0, 0.05) is 11.6 Å². The number of rotatable bonds is 3. The molecule has 0 radical (unpaired) electrons. The quantitative estimate of drug-likeness (QED) is 0.931. The van der Waals surface area contributed by atoms with Gasteiger partial charge >= 0.3 is 0 Å². The lowest BCUT2D eigenvalue weighted by atomic mass is 9.97. The van der Waals surface area contributed by atoms with Crippen LogP contribution in [0.5, 0.6) is 17.2 Å². The summed E-state index contributed by atoms with van der Waals surface area (Å²) in [7, 11) is 1.65. The molecule has 0 bridgehead atoms. The molecule has 1 unspecified atom stereocenters. The minimum atomic E-state index is 0.483. The standard InChI is InChI=1S/C15H20ClNO3/c1-18-14-10(8-11-4-2-3-5-17-11)9-12-15(13(14)16)20-7-6-19-12/h9,11,17H,2-8H2,1H3. The largest absolute Gasteiger partial charge is 0.495 e. The molecule has 3 rings (SSSR count). The summed E-state index contributed by atoms with van der Waals surface area (Å²) >= 11 is 6.40. The monoisotopic (exact) mass is 297 g/mol. The first kappa shape index (κ1) is 13.8. The molecule has 5 heteroatoms. The minimum absolute atomic E-state index is 0.483. The van der Waals surface area contributed by atoms with E-state index in [1.165, 1.54) is 19.3 Å². The summed E-state index contributed by atoms with van der Waals surface area (Å²) in [4.78, 5) is 0. The number of halogens is 1. The van der Waals surface area contributed by atoms with Gasteiger partial charge in [-0.2, -0.15) is 0 Å². The van der Waals surface area contributed by atoms with Gasteiger partial charge in [0.05, 0.1) is 7.11 Å². The molecule has 0 aromatic heterocycles. The minimum Gasteiger partial charge on any atom is -0.495 e. The molecule has 1 aromatic carbocycles. The highest BCUT2D eigenvalue weighted by Crippen LogP contribution is 2.45. The second-order valence-corrected chi connectivity index (χ2v) is 5.64. The van der Waals surface area contributed by atoms with Gasteiger partial charge in [0.2, 0.25) is 0 Å². The van der Waals surface area contributed by atoms with Crippen molar-refractivity contribution in [3.8, 4) is 17.2 Å². The summed E-state index contributed by atoms with van der Waals surface area (Å²) in [5.41, 5.74) is 1.08. The first-order valence-electron chi connectivity index (χ1n) is 7.18. The van der Waals surface area contributed by atoms with Crippen molar-refractivity contribution >= 4 is 11.6 Å². The van der Waals surface area contributed by atoms with Crippen molar-refractivity contribution in [2.24, 2.45) is 0 Å². The van der Waals surface area contributed by atoms with Gasteiger partial charge in [-0.05, 0) is 31.9 Å². The summed E-state index contributed by atoms with van der Waals surface area (Å²) in [6, 6.07) is 2.49. The lowest BCUT2D eigenvalue weighted by molar-refractivity contribution is 0.170. The van der Waals surface area contributed by atoms with E-state index < -0.39 is 0 Å². The number of ether oxygens (including phenoxy) is 3. The maximum atomic E-state index is 6.40. The van der Waals surface area contributed by atoms with Gasteiger partial charge in [0.15, 0.2) is 11.5 Å². The van der Waals surface area contributed by atoms with Crippen molar-refractivity contribution in [2.45, 2.75) is 31.7 Å². The van der Waals surface area contributed by atoms with Crippen LogP contribution in [0.15, 0.2) is 6.07 Å². The maximum absolute atomic E-state index is 6.40. The van der Waals surface area contributed by atoms with Gasteiger partial charge in [0.1, 0.15) is 24.0 Å². The Bertz CT molecular complexity index is 486. The van der Waals surface area contributed by atoms with Gasteiger partial charge < -0.3 is 19.5 Å². The van der Waals surface area contributed by atoms with Gasteiger partial charge in [-0.25, -0.2) is 0 Å². The van der Waals surface area contributed by atoms with Crippen LogP contribution in [-0.4, -0.2) is 32.9 Å². The second kappa shape index (κ2) is 6.10. The van der Waals surface area contributed by atoms with E-state index in [2.05, 4.69) is 5.32 Å². The molecular weight excluding hydrogens is 278 g/mol. The van der Waals surface area contributed by atoms with Crippen molar-refractivity contribution in [3.05, 3.63) is 16.7 Å². The van der Waals surface area contributed by atoms with Gasteiger partial charge in [-0.3, -0.25) is 0 Å². The normalized spacial score (nSPS) is 21.6. The Morgan fingerprint density at radius 1 is 1.35 bits per heavy atom. The fourth-order valence-electron chi connectivity index (χ4n) is 2.91. The zero-order valence-corrected chi connectivity index (χ0v) is 12.5. The summed E-state index contributed by atoms with van der Waals surface area (Å²) in [5, 5.41) is 4.07. The molecule has 0 aliphatic carbocycles. The first-order chi connectivity index (χ1) is 9.79. The van der Waals surface area contributed by atoms with Crippen LogP contribution in [0.2, 0.25) is 5.02 Å². The molecule has 1 fully saturated rings. The number of methoxy groups -OCH3 is 1. The Morgan fingerprint density at radius 2 is 2.20 bits per heavy atom.